The van der Waals surface area contributed by atoms with Crippen molar-refractivity contribution in [3.8, 4) is 17.0 Å². The van der Waals surface area contributed by atoms with Crippen molar-refractivity contribution in [1.29, 1.82) is 0 Å². The van der Waals surface area contributed by atoms with E-state index in [0.717, 1.165) is 16.7 Å². The molecule has 3 rings (SSSR count). The summed E-state index contributed by atoms with van der Waals surface area (Å²) in [5.41, 5.74) is 4.21. The summed E-state index contributed by atoms with van der Waals surface area (Å²) in [7, 11) is 1.57. The van der Waals surface area contributed by atoms with E-state index in [1.54, 1.807) is 13.2 Å². The Hall–Kier alpha value is -2.62. The predicted octanol–water partition coefficient (Wildman–Crippen LogP) is 4.41. The van der Waals surface area contributed by atoms with E-state index < -0.39 is 5.82 Å². The topological polar surface area (TPSA) is 42.1 Å². The van der Waals surface area contributed by atoms with Crippen LogP contribution in [0.5, 0.6) is 5.75 Å². The predicted molar refractivity (Wildman–Crippen MR) is 85.1 cm³/mol. The number of carbonyl (C=O) groups excluding carboxylic acids is 1. The van der Waals surface area contributed by atoms with Crippen molar-refractivity contribution in [1.82, 2.24) is 4.98 Å². The van der Waals surface area contributed by atoms with Gasteiger partial charge < -0.3 is 9.72 Å². The lowest BCUT2D eigenvalue weighted by Gasteiger charge is -2.09. The quantitative estimate of drug-likeness (QED) is 0.727. The molecule has 0 bridgehead atoms. The number of fused-ring (bicyclic) bond motifs is 1. The highest BCUT2D eigenvalue weighted by Gasteiger charge is 2.19. The van der Waals surface area contributed by atoms with E-state index in [4.69, 9.17) is 4.74 Å². The molecule has 0 fully saturated rings. The minimum absolute atomic E-state index is 0.320. The third-order valence-electron chi connectivity index (χ3n) is 3.89. The van der Waals surface area contributed by atoms with Gasteiger partial charge in [0.15, 0.2) is 6.29 Å². The molecule has 0 unspecified atom stereocenters. The van der Waals surface area contributed by atoms with Gasteiger partial charge in [0.2, 0.25) is 0 Å². The van der Waals surface area contributed by atoms with E-state index >= 15 is 0 Å². The van der Waals surface area contributed by atoms with Crippen molar-refractivity contribution in [2.45, 2.75) is 13.8 Å². The third-order valence-corrected chi connectivity index (χ3v) is 3.89. The smallest absolute Gasteiger partial charge is 0.152 e. The van der Waals surface area contributed by atoms with Gasteiger partial charge in [-0.3, -0.25) is 4.79 Å². The van der Waals surface area contributed by atoms with Gasteiger partial charge in [-0.1, -0.05) is 17.7 Å². The lowest BCUT2D eigenvalue weighted by atomic mass is 10.0. The van der Waals surface area contributed by atoms with E-state index in [9.17, 15) is 9.18 Å². The summed E-state index contributed by atoms with van der Waals surface area (Å²) in [6.07, 6.45) is 0.693. The molecule has 0 saturated carbocycles. The molecule has 3 nitrogen and oxygen atoms in total. The Kier molecular flexibility index (Phi) is 3.45. The van der Waals surface area contributed by atoms with Crippen LogP contribution < -0.4 is 4.74 Å². The monoisotopic (exact) mass is 297 g/mol. The average molecular weight is 297 g/mol. The molecule has 0 amide bonds. The fourth-order valence-corrected chi connectivity index (χ4v) is 2.77. The number of carbonyl (C=O) groups is 1. The van der Waals surface area contributed by atoms with Crippen molar-refractivity contribution in [3.63, 3.8) is 0 Å². The SMILES string of the molecule is COc1ccc(C)cc1-c1[nH]c2c(C)ccc(F)c2c1C=O. The normalized spacial score (nSPS) is 10.9. The van der Waals surface area contributed by atoms with Gasteiger partial charge in [-0.05, 0) is 37.6 Å². The summed E-state index contributed by atoms with van der Waals surface area (Å²) in [5, 5.41) is 0.327. The Balaban J connectivity index is 2.42. The molecule has 0 aliphatic rings. The van der Waals surface area contributed by atoms with Crippen LogP contribution in [0.1, 0.15) is 21.5 Å². The number of H-pyrrole nitrogens is 1. The number of halogens is 1. The number of methoxy groups -OCH3 is 1. The van der Waals surface area contributed by atoms with Gasteiger partial charge >= 0.3 is 0 Å². The molecule has 0 aliphatic carbocycles. The van der Waals surface area contributed by atoms with Crippen LogP contribution in [0.25, 0.3) is 22.2 Å². The maximum Gasteiger partial charge on any atom is 0.152 e. The second-order valence-electron chi connectivity index (χ2n) is 5.35. The summed E-state index contributed by atoms with van der Waals surface area (Å²) < 4.78 is 19.6. The zero-order valence-electron chi connectivity index (χ0n) is 12.7. The summed E-state index contributed by atoms with van der Waals surface area (Å²) >= 11 is 0. The highest BCUT2D eigenvalue weighted by atomic mass is 19.1. The number of hydrogen-bond donors (Lipinski definition) is 1. The van der Waals surface area contributed by atoms with Crippen LogP contribution in [0, 0.1) is 19.7 Å². The summed E-state index contributed by atoms with van der Waals surface area (Å²) in [6.45, 7) is 3.84. The molecule has 3 aromatic rings. The van der Waals surface area contributed by atoms with Crippen LogP contribution in [-0.2, 0) is 0 Å². The van der Waals surface area contributed by atoms with E-state index in [2.05, 4.69) is 4.98 Å². The zero-order chi connectivity index (χ0) is 15.9. The molecule has 4 heteroatoms. The van der Waals surface area contributed by atoms with Gasteiger partial charge in [0.1, 0.15) is 11.6 Å². The number of ether oxygens (including phenoxy) is 1. The lowest BCUT2D eigenvalue weighted by molar-refractivity contribution is 0.112. The number of benzene rings is 2. The lowest BCUT2D eigenvalue weighted by Crippen LogP contribution is -1.92. The number of aromatic nitrogens is 1. The van der Waals surface area contributed by atoms with E-state index in [0.29, 0.717) is 34.2 Å². The number of aldehydes is 1. The average Bonchev–Trinajstić information content (AvgIpc) is 2.91. The number of rotatable bonds is 3. The third kappa shape index (κ3) is 2.08. The summed E-state index contributed by atoms with van der Waals surface area (Å²) in [6, 6.07) is 8.77. The molecule has 0 atom stereocenters. The highest BCUT2D eigenvalue weighted by molar-refractivity contribution is 6.06. The van der Waals surface area contributed by atoms with Gasteiger partial charge in [-0.2, -0.15) is 0 Å². The Labute approximate surface area is 127 Å². The Bertz CT molecular complexity index is 880. The maximum atomic E-state index is 14.2. The van der Waals surface area contributed by atoms with Crippen LogP contribution in [0.2, 0.25) is 0 Å². The van der Waals surface area contributed by atoms with Gasteiger partial charge in [0.05, 0.1) is 23.9 Å². The molecular weight excluding hydrogens is 281 g/mol. The Morgan fingerprint density at radius 3 is 2.64 bits per heavy atom. The summed E-state index contributed by atoms with van der Waals surface area (Å²) in [4.78, 5) is 14.8. The fourth-order valence-electron chi connectivity index (χ4n) is 2.77. The van der Waals surface area contributed by atoms with Crippen LogP contribution in [0.3, 0.4) is 0 Å². The molecular formula is C18H16FNO2. The number of hydrogen-bond acceptors (Lipinski definition) is 2. The first kappa shape index (κ1) is 14.3. The summed E-state index contributed by atoms with van der Waals surface area (Å²) in [5.74, 6) is 0.232. The van der Waals surface area contributed by atoms with Crippen LogP contribution >= 0.6 is 0 Å². The molecule has 0 aliphatic heterocycles. The largest absolute Gasteiger partial charge is 0.496 e. The van der Waals surface area contributed by atoms with Crippen molar-refractivity contribution < 1.29 is 13.9 Å². The molecule has 0 spiro atoms. The molecule has 0 radical (unpaired) electrons. The molecule has 1 N–H and O–H groups in total. The van der Waals surface area contributed by atoms with E-state index in [-0.39, 0.29) is 0 Å². The molecule has 2 aromatic carbocycles. The van der Waals surface area contributed by atoms with Crippen molar-refractivity contribution in [2.24, 2.45) is 0 Å². The van der Waals surface area contributed by atoms with Gasteiger partial charge in [-0.25, -0.2) is 4.39 Å². The van der Waals surface area contributed by atoms with Crippen LogP contribution in [0.4, 0.5) is 4.39 Å². The molecule has 1 heterocycles. The van der Waals surface area contributed by atoms with Gasteiger partial charge in [0, 0.05) is 10.9 Å². The standard InChI is InChI=1S/C18H16FNO2/c1-10-4-7-15(22-3)12(8-10)18-13(9-21)16-14(19)6-5-11(2)17(16)20-18/h4-9,20H,1-3H3. The van der Waals surface area contributed by atoms with Crippen LogP contribution in [-0.4, -0.2) is 18.4 Å². The van der Waals surface area contributed by atoms with Crippen molar-refractivity contribution in [3.05, 3.63) is 52.8 Å². The number of nitrogens with one attached hydrogen (secondary N) is 1. The molecule has 0 saturated heterocycles. The van der Waals surface area contributed by atoms with Crippen LogP contribution in [0.15, 0.2) is 30.3 Å². The Morgan fingerprint density at radius 2 is 1.95 bits per heavy atom. The Morgan fingerprint density at radius 1 is 1.18 bits per heavy atom. The molecule has 1 aromatic heterocycles. The first-order chi connectivity index (χ1) is 10.6. The minimum atomic E-state index is -0.406. The second-order valence-corrected chi connectivity index (χ2v) is 5.35. The van der Waals surface area contributed by atoms with Crippen molar-refractivity contribution >= 4 is 17.2 Å². The zero-order valence-corrected chi connectivity index (χ0v) is 12.7. The number of aryl methyl sites for hydroxylation is 2. The van der Waals surface area contributed by atoms with E-state index in [1.807, 2.05) is 32.0 Å². The first-order valence-electron chi connectivity index (χ1n) is 6.97. The molecule has 112 valence electrons. The minimum Gasteiger partial charge on any atom is -0.496 e. The van der Waals surface area contributed by atoms with Gasteiger partial charge in [-0.15, -0.1) is 0 Å². The van der Waals surface area contributed by atoms with E-state index in [1.165, 1.54) is 6.07 Å². The number of aromatic amines is 1. The maximum absolute atomic E-state index is 14.2. The molecule has 22 heavy (non-hydrogen) atoms. The highest BCUT2D eigenvalue weighted by Crippen LogP contribution is 2.37. The first-order valence-corrected chi connectivity index (χ1v) is 6.97. The second kappa shape index (κ2) is 5.30. The van der Waals surface area contributed by atoms with Gasteiger partial charge in [0.25, 0.3) is 0 Å². The van der Waals surface area contributed by atoms with Crippen molar-refractivity contribution in [2.75, 3.05) is 7.11 Å². The fraction of sp³-hybridized carbons (Fsp3) is 0.167.